The lowest BCUT2D eigenvalue weighted by Crippen LogP contribution is -2.34. The van der Waals surface area contributed by atoms with Gasteiger partial charge in [-0.3, -0.25) is 0 Å². The standard InChI is InChI=1S/C16H25N3/c1-4-19(15-9-7-8-14(2)12-15)11-6-5-10-16(3,18)13-17/h7-9,12H,4-6,10-11,18H2,1-3H3. The molecule has 1 rings (SSSR count). The number of nitriles is 1. The molecular weight excluding hydrogens is 234 g/mol. The van der Waals surface area contributed by atoms with Gasteiger partial charge in [-0.25, -0.2) is 0 Å². The van der Waals surface area contributed by atoms with E-state index in [-0.39, 0.29) is 0 Å². The Bertz CT molecular complexity index is 432. The minimum absolute atomic E-state index is 0.680. The molecular formula is C16H25N3. The first kappa shape index (κ1) is 15.5. The molecule has 0 radical (unpaired) electrons. The molecule has 19 heavy (non-hydrogen) atoms. The van der Waals surface area contributed by atoms with Crippen LogP contribution in [0, 0.1) is 18.3 Å². The molecule has 0 aliphatic rings. The van der Waals surface area contributed by atoms with Crippen molar-refractivity contribution in [3.63, 3.8) is 0 Å². The van der Waals surface area contributed by atoms with Gasteiger partial charge in [-0.05, 0) is 57.7 Å². The summed E-state index contributed by atoms with van der Waals surface area (Å²) in [6.45, 7) is 8.10. The molecule has 0 amide bonds. The van der Waals surface area contributed by atoms with Crippen LogP contribution < -0.4 is 10.6 Å². The van der Waals surface area contributed by atoms with Gasteiger partial charge < -0.3 is 10.6 Å². The quantitative estimate of drug-likeness (QED) is 0.765. The molecule has 0 saturated heterocycles. The monoisotopic (exact) mass is 259 g/mol. The average Bonchev–Trinajstić information content (AvgIpc) is 2.39. The van der Waals surface area contributed by atoms with E-state index in [1.165, 1.54) is 11.3 Å². The number of nitrogens with zero attached hydrogens (tertiary/aromatic N) is 2. The van der Waals surface area contributed by atoms with Crippen molar-refractivity contribution in [2.24, 2.45) is 5.73 Å². The van der Waals surface area contributed by atoms with Crippen LogP contribution in [-0.4, -0.2) is 18.6 Å². The number of anilines is 1. The molecule has 0 bridgehead atoms. The van der Waals surface area contributed by atoms with Gasteiger partial charge in [0.2, 0.25) is 0 Å². The predicted molar refractivity (Wildman–Crippen MR) is 81.1 cm³/mol. The first-order valence-corrected chi connectivity index (χ1v) is 7.00. The van der Waals surface area contributed by atoms with Crippen LogP contribution in [0.25, 0.3) is 0 Å². The maximum Gasteiger partial charge on any atom is 0.101 e. The van der Waals surface area contributed by atoms with Gasteiger partial charge in [0.25, 0.3) is 0 Å². The topological polar surface area (TPSA) is 53.0 Å². The Morgan fingerprint density at radius 3 is 2.68 bits per heavy atom. The third-order valence-electron chi connectivity index (χ3n) is 3.38. The Kier molecular flexibility index (Phi) is 5.85. The summed E-state index contributed by atoms with van der Waals surface area (Å²) in [7, 11) is 0. The van der Waals surface area contributed by atoms with Gasteiger partial charge in [0.05, 0.1) is 6.07 Å². The molecule has 2 N–H and O–H groups in total. The van der Waals surface area contributed by atoms with Crippen LogP contribution in [0.15, 0.2) is 24.3 Å². The summed E-state index contributed by atoms with van der Waals surface area (Å²) in [5.41, 5.74) is 7.70. The fraction of sp³-hybridized carbons (Fsp3) is 0.562. The fourth-order valence-corrected chi connectivity index (χ4v) is 2.15. The smallest absolute Gasteiger partial charge is 0.101 e. The van der Waals surface area contributed by atoms with E-state index in [1.54, 1.807) is 6.92 Å². The Balaban J connectivity index is 2.44. The average molecular weight is 259 g/mol. The van der Waals surface area contributed by atoms with Crippen LogP contribution in [0.5, 0.6) is 0 Å². The van der Waals surface area contributed by atoms with Crippen molar-refractivity contribution in [3.8, 4) is 6.07 Å². The lowest BCUT2D eigenvalue weighted by Gasteiger charge is -2.24. The van der Waals surface area contributed by atoms with Gasteiger partial charge in [0.1, 0.15) is 5.54 Å². The largest absolute Gasteiger partial charge is 0.372 e. The number of aryl methyl sites for hydroxylation is 1. The number of unbranched alkanes of at least 4 members (excludes halogenated alkanes) is 1. The van der Waals surface area contributed by atoms with Gasteiger partial charge in [0.15, 0.2) is 0 Å². The second-order valence-corrected chi connectivity index (χ2v) is 5.41. The zero-order chi connectivity index (χ0) is 14.3. The van der Waals surface area contributed by atoms with Crippen LogP contribution >= 0.6 is 0 Å². The highest BCUT2D eigenvalue weighted by molar-refractivity contribution is 5.48. The summed E-state index contributed by atoms with van der Waals surface area (Å²) in [4.78, 5) is 2.37. The summed E-state index contributed by atoms with van der Waals surface area (Å²) in [5.74, 6) is 0. The van der Waals surface area contributed by atoms with Gasteiger partial charge in [-0.15, -0.1) is 0 Å². The molecule has 0 aliphatic carbocycles. The first-order valence-electron chi connectivity index (χ1n) is 7.00. The molecule has 1 aromatic rings. The third kappa shape index (κ3) is 5.32. The van der Waals surface area contributed by atoms with Crippen molar-refractivity contribution in [2.75, 3.05) is 18.0 Å². The minimum Gasteiger partial charge on any atom is -0.372 e. The van der Waals surface area contributed by atoms with E-state index in [1.807, 2.05) is 0 Å². The number of rotatable bonds is 7. The Labute approximate surface area is 117 Å². The molecule has 1 unspecified atom stereocenters. The van der Waals surface area contributed by atoms with E-state index in [4.69, 9.17) is 11.0 Å². The lowest BCUT2D eigenvalue weighted by molar-refractivity contribution is 0.507. The van der Waals surface area contributed by atoms with E-state index >= 15 is 0 Å². The van der Waals surface area contributed by atoms with Crippen LogP contribution in [0.4, 0.5) is 5.69 Å². The van der Waals surface area contributed by atoms with E-state index in [0.29, 0.717) is 0 Å². The number of hydrogen-bond donors (Lipinski definition) is 1. The third-order valence-corrected chi connectivity index (χ3v) is 3.38. The van der Waals surface area contributed by atoms with Gasteiger partial charge in [-0.1, -0.05) is 12.1 Å². The molecule has 104 valence electrons. The molecule has 0 spiro atoms. The first-order chi connectivity index (χ1) is 8.98. The maximum absolute atomic E-state index is 8.87. The Hall–Kier alpha value is -1.53. The van der Waals surface area contributed by atoms with E-state index < -0.39 is 5.54 Å². The second kappa shape index (κ2) is 7.16. The molecule has 3 nitrogen and oxygen atoms in total. The molecule has 0 aromatic heterocycles. The van der Waals surface area contributed by atoms with Crippen LogP contribution in [0.2, 0.25) is 0 Å². The van der Waals surface area contributed by atoms with Crippen molar-refractivity contribution in [3.05, 3.63) is 29.8 Å². The van der Waals surface area contributed by atoms with Crippen molar-refractivity contribution < 1.29 is 0 Å². The molecule has 0 heterocycles. The summed E-state index contributed by atoms with van der Waals surface area (Å²) >= 11 is 0. The van der Waals surface area contributed by atoms with Gasteiger partial charge in [0, 0.05) is 18.8 Å². The zero-order valence-corrected chi connectivity index (χ0v) is 12.3. The summed E-state index contributed by atoms with van der Waals surface area (Å²) in [5, 5.41) is 8.87. The molecule has 1 aromatic carbocycles. The summed E-state index contributed by atoms with van der Waals surface area (Å²) in [6.07, 6.45) is 2.81. The summed E-state index contributed by atoms with van der Waals surface area (Å²) < 4.78 is 0. The van der Waals surface area contributed by atoms with E-state index in [2.05, 4.69) is 49.1 Å². The van der Waals surface area contributed by atoms with Crippen LogP contribution in [0.1, 0.15) is 38.7 Å². The summed E-state index contributed by atoms with van der Waals surface area (Å²) in [6, 6.07) is 10.7. The highest BCUT2D eigenvalue weighted by Crippen LogP contribution is 2.17. The van der Waals surface area contributed by atoms with Gasteiger partial charge in [-0.2, -0.15) is 5.26 Å². The molecule has 3 heteroatoms. The minimum atomic E-state index is -0.680. The van der Waals surface area contributed by atoms with Crippen LogP contribution in [0.3, 0.4) is 0 Å². The SMILES string of the molecule is CCN(CCCCC(C)(N)C#N)c1cccc(C)c1. The van der Waals surface area contributed by atoms with Crippen molar-refractivity contribution in [1.29, 1.82) is 5.26 Å². The van der Waals surface area contributed by atoms with Crippen molar-refractivity contribution in [1.82, 2.24) is 0 Å². The van der Waals surface area contributed by atoms with E-state index in [9.17, 15) is 0 Å². The molecule has 0 saturated carbocycles. The van der Waals surface area contributed by atoms with Gasteiger partial charge >= 0.3 is 0 Å². The van der Waals surface area contributed by atoms with Crippen molar-refractivity contribution >= 4 is 5.69 Å². The highest BCUT2D eigenvalue weighted by Gasteiger charge is 2.16. The van der Waals surface area contributed by atoms with E-state index in [0.717, 1.165) is 32.4 Å². The van der Waals surface area contributed by atoms with Crippen molar-refractivity contribution in [2.45, 2.75) is 45.6 Å². The predicted octanol–water partition coefficient (Wildman–Crippen LogP) is 3.23. The molecule has 0 fully saturated rings. The number of nitrogens with two attached hydrogens (primary N) is 1. The number of hydrogen-bond acceptors (Lipinski definition) is 3. The Morgan fingerprint density at radius 1 is 1.37 bits per heavy atom. The number of benzene rings is 1. The maximum atomic E-state index is 8.87. The van der Waals surface area contributed by atoms with Crippen LogP contribution in [-0.2, 0) is 0 Å². The molecule has 0 aliphatic heterocycles. The Morgan fingerprint density at radius 2 is 2.11 bits per heavy atom. The fourth-order valence-electron chi connectivity index (χ4n) is 2.15. The normalized spacial score (nSPS) is 13.6. The molecule has 1 atom stereocenters. The lowest BCUT2D eigenvalue weighted by atomic mass is 9.98. The highest BCUT2D eigenvalue weighted by atomic mass is 15.1. The second-order valence-electron chi connectivity index (χ2n) is 5.41. The zero-order valence-electron chi connectivity index (χ0n) is 12.3.